The number of tetrazole rings is 1. The number of aryl methyl sites for hydroxylation is 1. The first-order valence-corrected chi connectivity index (χ1v) is 8.08. The van der Waals surface area contributed by atoms with E-state index in [0.717, 1.165) is 18.4 Å². The maximum atomic E-state index is 13.1. The van der Waals surface area contributed by atoms with Crippen molar-refractivity contribution < 1.29 is 9.18 Å². The molecule has 1 fully saturated rings. The third-order valence-electron chi connectivity index (χ3n) is 4.35. The van der Waals surface area contributed by atoms with E-state index < -0.39 is 6.04 Å². The molecule has 0 aliphatic carbocycles. The summed E-state index contributed by atoms with van der Waals surface area (Å²) in [6.45, 7) is 2.99. The van der Waals surface area contributed by atoms with Crippen LogP contribution < -0.4 is 5.73 Å². The number of carbonyl (C=O) groups is 1. The van der Waals surface area contributed by atoms with E-state index in [-0.39, 0.29) is 17.8 Å². The molecule has 2 aromatic rings. The summed E-state index contributed by atoms with van der Waals surface area (Å²) in [6.07, 6.45) is 2.22. The molecule has 7 nitrogen and oxygen atoms in total. The van der Waals surface area contributed by atoms with E-state index in [0.29, 0.717) is 25.3 Å². The van der Waals surface area contributed by atoms with Crippen molar-refractivity contribution in [1.82, 2.24) is 25.1 Å². The van der Waals surface area contributed by atoms with Gasteiger partial charge in [0.15, 0.2) is 0 Å². The zero-order chi connectivity index (χ0) is 17.1. The highest BCUT2D eigenvalue weighted by Gasteiger charge is 2.31. The quantitative estimate of drug-likeness (QED) is 0.896. The lowest BCUT2D eigenvalue weighted by molar-refractivity contribution is -0.136. The third-order valence-corrected chi connectivity index (χ3v) is 4.35. The minimum absolute atomic E-state index is 0.00383. The molecule has 1 amide bonds. The van der Waals surface area contributed by atoms with Crippen LogP contribution in [0.25, 0.3) is 0 Å². The molecule has 3 rings (SSSR count). The largest absolute Gasteiger partial charge is 0.339 e. The van der Waals surface area contributed by atoms with Crippen molar-refractivity contribution >= 4 is 5.91 Å². The highest BCUT2D eigenvalue weighted by Crippen LogP contribution is 2.20. The summed E-state index contributed by atoms with van der Waals surface area (Å²) in [5, 5.41) is 11.5. The molecule has 0 spiro atoms. The molecule has 0 radical (unpaired) electrons. The monoisotopic (exact) mass is 332 g/mol. The fourth-order valence-corrected chi connectivity index (χ4v) is 3.07. The molecule has 128 valence electrons. The molecule has 8 heteroatoms. The lowest BCUT2D eigenvalue weighted by atomic mass is 10.0. The van der Waals surface area contributed by atoms with Crippen LogP contribution in [0.2, 0.25) is 0 Å². The summed E-state index contributed by atoms with van der Waals surface area (Å²) < 4.78 is 14.7. The van der Waals surface area contributed by atoms with Gasteiger partial charge in [0, 0.05) is 25.6 Å². The van der Waals surface area contributed by atoms with Crippen LogP contribution in [0, 0.1) is 12.7 Å². The number of hydrogen-bond donors (Lipinski definition) is 1. The van der Waals surface area contributed by atoms with Crippen molar-refractivity contribution in [2.75, 3.05) is 13.1 Å². The Morgan fingerprint density at radius 2 is 2.17 bits per heavy atom. The van der Waals surface area contributed by atoms with E-state index in [4.69, 9.17) is 5.73 Å². The van der Waals surface area contributed by atoms with Gasteiger partial charge in [0.1, 0.15) is 17.7 Å². The van der Waals surface area contributed by atoms with Crippen LogP contribution >= 0.6 is 0 Å². The minimum atomic E-state index is -0.559. The number of aromatic nitrogens is 4. The molecule has 2 N–H and O–H groups in total. The first-order chi connectivity index (χ1) is 11.5. The van der Waals surface area contributed by atoms with Crippen LogP contribution in [0.15, 0.2) is 24.3 Å². The third kappa shape index (κ3) is 3.59. The number of likely N-dealkylation sites (tertiary alicyclic amines) is 1. The predicted molar refractivity (Wildman–Crippen MR) is 85.5 cm³/mol. The number of carbonyl (C=O) groups excluding carboxylic acids is 1. The lowest BCUT2D eigenvalue weighted by Crippen LogP contribution is -2.48. The second kappa shape index (κ2) is 7.04. The molecule has 1 aliphatic heterocycles. The number of rotatable bonds is 4. The van der Waals surface area contributed by atoms with Gasteiger partial charge in [-0.15, -0.1) is 5.10 Å². The topological polar surface area (TPSA) is 89.9 Å². The molecule has 2 heterocycles. The Morgan fingerprint density at radius 3 is 2.79 bits per heavy atom. The Kier molecular flexibility index (Phi) is 4.84. The van der Waals surface area contributed by atoms with E-state index in [9.17, 15) is 9.18 Å². The number of benzene rings is 1. The Balaban J connectivity index is 1.85. The second-order valence-electron chi connectivity index (χ2n) is 6.20. The molecule has 1 aromatic carbocycles. The van der Waals surface area contributed by atoms with Gasteiger partial charge in [0.25, 0.3) is 0 Å². The Labute approximate surface area is 139 Å². The van der Waals surface area contributed by atoms with Crippen LogP contribution in [0.1, 0.15) is 30.3 Å². The van der Waals surface area contributed by atoms with E-state index in [1.807, 2.05) is 0 Å². The second-order valence-corrected chi connectivity index (χ2v) is 6.20. The van der Waals surface area contributed by atoms with E-state index in [2.05, 4.69) is 15.5 Å². The van der Waals surface area contributed by atoms with E-state index in [1.165, 1.54) is 16.8 Å². The van der Waals surface area contributed by atoms with Gasteiger partial charge in [-0.05, 0) is 47.9 Å². The number of amides is 1. The summed E-state index contributed by atoms with van der Waals surface area (Å²) >= 11 is 0. The Morgan fingerprint density at radius 1 is 1.42 bits per heavy atom. The lowest BCUT2D eigenvalue weighted by Gasteiger charge is -2.33. The van der Waals surface area contributed by atoms with Crippen LogP contribution in [-0.4, -0.2) is 50.1 Å². The fraction of sp³-hybridized carbons (Fsp3) is 0.500. The van der Waals surface area contributed by atoms with Gasteiger partial charge in [-0.3, -0.25) is 4.79 Å². The molecule has 1 aliphatic rings. The highest BCUT2D eigenvalue weighted by molar-refractivity contribution is 5.81. The fourth-order valence-electron chi connectivity index (χ4n) is 3.07. The molecule has 0 bridgehead atoms. The first-order valence-electron chi connectivity index (χ1n) is 8.08. The van der Waals surface area contributed by atoms with Crippen molar-refractivity contribution in [3.63, 3.8) is 0 Å². The van der Waals surface area contributed by atoms with Crippen molar-refractivity contribution in [2.45, 2.75) is 38.3 Å². The SMILES string of the molecule is Cc1nnnn1C(Cc1ccc(F)cc1)C(=O)N1CCCC(N)C1. The molecular weight excluding hydrogens is 311 g/mol. The number of hydrogen-bond acceptors (Lipinski definition) is 5. The van der Waals surface area contributed by atoms with Crippen molar-refractivity contribution in [2.24, 2.45) is 5.73 Å². The summed E-state index contributed by atoms with van der Waals surface area (Å²) in [5.74, 6) is 0.212. The van der Waals surface area contributed by atoms with E-state index in [1.54, 1.807) is 24.0 Å². The summed E-state index contributed by atoms with van der Waals surface area (Å²) in [4.78, 5) is 14.8. The number of piperidine rings is 1. The van der Waals surface area contributed by atoms with Gasteiger partial charge in [-0.25, -0.2) is 9.07 Å². The van der Waals surface area contributed by atoms with E-state index >= 15 is 0 Å². The van der Waals surface area contributed by atoms with Gasteiger partial charge in [0.05, 0.1) is 0 Å². The normalized spacial score (nSPS) is 19.3. The molecule has 24 heavy (non-hydrogen) atoms. The van der Waals surface area contributed by atoms with Gasteiger partial charge >= 0.3 is 0 Å². The average molecular weight is 332 g/mol. The number of nitrogens with two attached hydrogens (primary N) is 1. The zero-order valence-electron chi connectivity index (χ0n) is 13.6. The van der Waals surface area contributed by atoms with Crippen LogP contribution in [0.4, 0.5) is 4.39 Å². The Hall–Kier alpha value is -2.35. The summed E-state index contributed by atoms with van der Waals surface area (Å²) in [5.41, 5.74) is 6.85. The molecule has 0 saturated carbocycles. The highest BCUT2D eigenvalue weighted by atomic mass is 19.1. The summed E-state index contributed by atoms with van der Waals surface area (Å²) in [6, 6.07) is 5.58. The molecule has 2 atom stereocenters. The van der Waals surface area contributed by atoms with Gasteiger partial charge < -0.3 is 10.6 Å². The molecular formula is C16H21FN6O. The smallest absolute Gasteiger partial charge is 0.247 e. The van der Waals surface area contributed by atoms with Gasteiger partial charge in [-0.2, -0.15) is 0 Å². The number of nitrogens with zero attached hydrogens (tertiary/aromatic N) is 5. The maximum absolute atomic E-state index is 13.1. The maximum Gasteiger partial charge on any atom is 0.247 e. The minimum Gasteiger partial charge on any atom is -0.339 e. The Bertz CT molecular complexity index is 701. The van der Waals surface area contributed by atoms with Gasteiger partial charge in [0.2, 0.25) is 5.91 Å². The average Bonchev–Trinajstić information content (AvgIpc) is 2.99. The zero-order valence-corrected chi connectivity index (χ0v) is 13.6. The predicted octanol–water partition coefficient (Wildman–Crippen LogP) is 0.854. The van der Waals surface area contributed by atoms with Crippen molar-refractivity contribution in [3.05, 3.63) is 41.5 Å². The van der Waals surface area contributed by atoms with Gasteiger partial charge in [-0.1, -0.05) is 12.1 Å². The standard InChI is InChI=1S/C16H21FN6O/c1-11-19-20-21-23(11)15(9-12-4-6-13(17)7-5-12)16(24)22-8-2-3-14(18)10-22/h4-7,14-15H,2-3,8-10,18H2,1H3. The molecule has 1 saturated heterocycles. The van der Waals surface area contributed by atoms with Crippen molar-refractivity contribution in [1.29, 1.82) is 0 Å². The first kappa shape index (κ1) is 16.5. The van der Waals surface area contributed by atoms with Crippen LogP contribution in [0.5, 0.6) is 0 Å². The van der Waals surface area contributed by atoms with Crippen LogP contribution in [-0.2, 0) is 11.2 Å². The van der Waals surface area contributed by atoms with Crippen molar-refractivity contribution in [3.8, 4) is 0 Å². The van der Waals surface area contributed by atoms with Crippen LogP contribution in [0.3, 0.4) is 0 Å². The molecule has 1 aromatic heterocycles. The molecule has 2 unspecified atom stereocenters. The summed E-state index contributed by atoms with van der Waals surface area (Å²) in [7, 11) is 0. The number of halogens is 1.